The molecule has 0 fully saturated rings. The second kappa shape index (κ2) is 5.93. The third-order valence-corrected chi connectivity index (χ3v) is 4.10. The van der Waals surface area contributed by atoms with Gasteiger partial charge in [0.25, 0.3) is 5.56 Å². The maximum atomic E-state index is 12.0. The maximum absolute atomic E-state index is 12.0. The Morgan fingerprint density at radius 3 is 2.71 bits per heavy atom. The standard InChI is InChI=1S/C14H21N5OS/c1-6-8(2)15-13-19-18-12(21-13)9-7-10(14(3,4)5)16-17-11(9)20/h7-8H,6H2,1-5H3,(H,15,19)(H,17,20). The van der Waals surface area contributed by atoms with Crippen LogP contribution in [0, 0.1) is 0 Å². The summed E-state index contributed by atoms with van der Waals surface area (Å²) in [6.07, 6.45) is 0.999. The van der Waals surface area contributed by atoms with Crippen molar-refractivity contribution >= 4 is 16.5 Å². The molecule has 0 aromatic carbocycles. The minimum absolute atomic E-state index is 0.137. The molecule has 114 valence electrons. The first-order chi connectivity index (χ1) is 9.81. The number of anilines is 1. The predicted molar refractivity (Wildman–Crippen MR) is 85.8 cm³/mol. The van der Waals surface area contributed by atoms with Crippen LogP contribution in [0.3, 0.4) is 0 Å². The van der Waals surface area contributed by atoms with Gasteiger partial charge in [-0.1, -0.05) is 39.0 Å². The third kappa shape index (κ3) is 3.66. The van der Waals surface area contributed by atoms with Crippen LogP contribution in [0.15, 0.2) is 10.9 Å². The quantitative estimate of drug-likeness (QED) is 0.907. The Bertz CT molecular complexity index is 670. The molecule has 2 aromatic heterocycles. The Hall–Kier alpha value is -1.76. The minimum Gasteiger partial charge on any atom is -0.358 e. The highest BCUT2D eigenvalue weighted by molar-refractivity contribution is 7.18. The zero-order valence-corrected chi connectivity index (χ0v) is 13.8. The number of rotatable bonds is 4. The molecule has 0 spiro atoms. The van der Waals surface area contributed by atoms with Crippen LogP contribution in [-0.4, -0.2) is 26.4 Å². The molecule has 0 bridgehead atoms. The molecule has 0 saturated carbocycles. The fourth-order valence-electron chi connectivity index (χ4n) is 1.65. The molecule has 2 rings (SSSR count). The van der Waals surface area contributed by atoms with Gasteiger partial charge in [0.05, 0.1) is 11.3 Å². The Labute approximate surface area is 128 Å². The molecule has 0 aliphatic rings. The summed E-state index contributed by atoms with van der Waals surface area (Å²) >= 11 is 1.38. The molecule has 0 aliphatic heterocycles. The largest absolute Gasteiger partial charge is 0.358 e. The van der Waals surface area contributed by atoms with E-state index in [1.165, 1.54) is 11.3 Å². The van der Waals surface area contributed by atoms with Gasteiger partial charge in [0.15, 0.2) is 5.01 Å². The number of aromatic amines is 1. The normalized spacial score (nSPS) is 13.2. The Balaban J connectivity index is 2.36. The average molecular weight is 307 g/mol. The van der Waals surface area contributed by atoms with E-state index in [1.54, 1.807) is 6.07 Å². The smallest absolute Gasteiger partial charge is 0.274 e. The molecule has 0 amide bonds. The lowest BCUT2D eigenvalue weighted by Gasteiger charge is -2.16. The molecule has 21 heavy (non-hydrogen) atoms. The number of aromatic nitrogens is 4. The lowest BCUT2D eigenvalue weighted by molar-refractivity contribution is 0.557. The van der Waals surface area contributed by atoms with Gasteiger partial charge >= 0.3 is 0 Å². The first-order valence-electron chi connectivity index (χ1n) is 7.02. The number of nitrogens with zero attached hydrogens (tertiary/aromatic N) is 3. The summed E-state index contributed by atoms with van der Waals surface area (Å²) in [5.74, 6) is 0. The van der Waals surface area contributed by atoms with Gasteiger partial charge in [-0.15, -0.1) is 10.2 Å². The predicted octanol–water partition coefficient (Wildman–Crippen LogP) is 2.80. The van der Waals surface area contributed by atoms with E-state index < -0.39 is 0 Å². The first kappa shape index (κ1) is 15.6. The van der Waals surface area contributed by atoms with Gasteiger partial charge in [-0.2, -0.15) is 5.10 Å². The van der Waals surface area contributed by atoms with Gasteiger partial charge in [-0.3, -0.25) is 4.79 Å². The molecular weight excluding hydrogens is 286 g/mol. The van der Waals surface area contributed by atoms with Crippen molar-refractivity contribution in [3.05, 3.63) is 22.1 Å². The van der Waals surface area contributed by atoms with Gasteiger partial charge < -0.3 is 5.32 Å². The number of hydrogen-bond donors (Lipinski definition) is 2. The monoisotopic (exact) mass is 307 g/mol. The summed E-state index contributed by atoms with van der Waals surface area (Å²) < 4.78 is 0. The molecule has 2 N–H and O–H groups in total. The summed E-state index contributed by atoms with van der Waals surface area (Å²) in [6, 6.07) is 2.12. The van der Waals surface area contributed by atoms with E-state index >= 15 is 0 Å². The van der Waals surface area contributed by atoms with Gasteiger partial charge in [0, 0.05) is 11.5 Å². The summed E-state index contributed by atoms with van der Waals surface area (Å²) in [5.41, 5.74) is 0.962. The van der Waals surface area contributed by atoms with E-state index in [0.717, 1.165) is 17.2 Å². The lowest BCUT2D eigenvalue weighted by Crippen LogP contribution is -2.20. The van der Waals surface area contributed by atoms with Crippen LogP contribution in [0.25, 0.3) is 10.6 Å². The summed E-state index contributed by atoms with van der Waals surface area (Å²) in [5, 5.41) is 19.5. The molecule has 0 radical (unpaired) electrons. The number of H-pyrrole nitrogens is 1. The van der Waals surface area contributed by atoms with Crippen molar-refractivity contribution in [3.63, 3.8) is 0 Å². The molecule has 6 nitrogen and oxygen atoms in total. The molecule has 0 saturated heterocycles. The molecule has 7 heteroatoms. The number of hydrogen-bond acceptors (Lipinski definition) is 6. The van der Waals surface area contributed by atoms with Crippen LogP contribution >= 0.6 is 11.3 Å². The van der Waals surface area contributed by atoms with Crippen LogP contribution in [0.1, 0.15) is 46.7 Å². The van der Waals surface area contributed by atoms with Crippen LogP contribution in [0.5, 0.6) is 0 Å². The Morgan fingerprint density at radius 1 is 1.38 bits per heavy atom. The van der Waals surface area contributed by atoms with Crippen molar-refractivity contribution in [2.24, 2.45) is 0 Å². The van der Waals surface area contributed by atoms with Gasteiger partial charge in [-0.25, -0.2) is 5.10 Å². The van der Waals surface area contributed by atoms with Crippen LogP contribution < -0.4 is 10.9 Å². The molecule has 1 atom stereocenters. The van der Waals surface area contributed by atoms with Crippen molar-refractivity contribution in [3.8, 4) is 10.6 Å². The Morgan fingerprint density at radius 2 is 2.10 bits per heavy atom. The number of nitrogens with one attached hydrogen (secondary N) is 2. The van der Waals surface area contributed by atoms with Gasteiger partial charge in [0.1, 0.15) is 0 Å². The average Bonchev–Trinajstić information content (AvgIpc) is 2.86. The van der Waals surface area contributed by atoms with E-state index in [9.17, 15) is 4.79 Å². The molecule has 0 aliphatic carbocycles. The summed E-state index contributed by atoms with van der Waals surface area (Å²) in [7, 11) is 0. The second-order valence-electron chi connectivity index (χ2n) is 6.11. The fourth-order valence-corrected chi connectivity index (χ4v) is 2.52. The fraction of sp³-hybridized carbons (Fsp3) is 0.571. The van der Waals surface area contributed by atoms with Crippen molar-refractivity contribution in [2.75, 3.05) is 5.32 Å². The van der Waals surface area contributed by atoms with Crippen LogP contribution in [-0.2, 0) is 5.41 Å². The molecule has 2 aromatic rings. The zero-order valence-electron chi connectivity index (χ0n) is 13.0. The van der Waals surface area contributed by atoms with E-state index in [-0.39, 0.29) is 11.0 Å². The second-order valence-corrected chi connectivity index (χ2v) is 7.09. The van der Waals surface area contributed by atoms with Crippen molar-refractivity contribution in [2.45, 2.75) is 52.5 Å². The van der Waals surface area contributed by atoms with Crippen LogP contribution in [0.2, 0.25) is 0 Å². The van der Waals surface area contributed by atoms with E-state index in [4.69, 9.17) is 0 Å². The highest BCUT2D eigenvalue weighted by Crippen LogP contribution is 2.27. The van der Waals surface area contributed by atoms with E-state index in [0.29, 0.717) is 16.6 Å². The van der Waals surface area contributed by atoms with Crippen molar-refractivity contribution in [1.29, 1.82) is 0 Å². The van der Waals surface area contributed by atoms with Crippen LogP contribution in [0.4, 0.5) is 5.13 Å². The SMILES string of the molecule is CCC(C)Nc1nnc(-c2cc(C(C)(C)C)n[nH]c2=O)s1. The lowest BCUT2D eigenvalue weighted by atomic mass is 9.91. The summed E-state index contributed by atoms with van der Waals surface area (Å²) in [6.45, 7) is 10.3. The van der Waals surface area contributed by atoms with Gasteiger partial charge in [-0.05, 0) is 19.4 Å². The van der Waals surface area contributed by atoms with E-state index in [2.05, 4.69) is 39.6 Å². The topological polar surface area (TPSA) is 83.6 Å². The van der Waals surface area contributed by atoms with Crippen molar-refractivity contribution in [1.82, 2.24) is 20.4 Å². The zero-order chi connectivity index (χ0) is 15.6. The third-order valence-electron chi connectivity index (χ3n) is 3.21. The van der Waals surface area contributed by atoms with E-state index in [1.807, 2.05) is 20.8 Å². The maximum Gasteiger partial charge on any atom is 0.274 e. The molecule has 1 unspecified atom stereocenters. The molecule has 2 heterocycles. The summed E-state index contributed by atoms with van der Waals surface area (Å²) in [4.78, 5) is 12.0. The molecular formula is C14H21N5OS. The minimum atomic E-state index is -0.241. The first-order valence-corrected chi connectivity index (χ1v) is 7.83. The highest BCUT2D eigenvalue weighted by Gasteiger charge is 2.19. The highest BCUT2D eigenvalue weighted by atomic mass is 32.1. The van der Waals surface area contributed by atoms with Crippen molar-refractivity contribution < 1.29 is 0 Å². The Kier molecular flexibility index (Phi) is 4.41. The van der Waals surface area contributed by atoms with Gasteiger partial charge in [0.2, 0.25) is 5.13 Å².